The number of nitrogens with zero attached hydrogens (tertiary/aromatic N) is 6. The van der Waals surface area contributed by atoms with Gasteiger partial charge >= 0.3 is 10.3 Å². The van der Waals surface area contributed by atoms with Gasteiger partial charge in [-0.25, -0.2) is 0 Å². The average Bonchev–Trinajstić information content (AvgIpc) is 3.58. The Balaban J connectivity index is 1.17. The van der Waals surface area contributed by atoms with Gasteiger partial charge in [0.05, 0.1) is 18.4 Å². The standard InChI is InChI=1S/C26H27F5IN9O3/c1-39-22(24(43)34-12-17-5-4-6-20(11-17)44-26(29,30)31)16-41(38-39)10-3-2-9-40-15-21(36-37-40)23(42)35-14-19-8-7-18(13-33-19)25(27,28)32/h4-8,11,13,15-16,38H,2-3,9-10,12,14H2,1H3,(H,34,43)(H,35,42). The molecule has 12 nitrogen and oxygen atoms in total. The number of benzene rings is 1. The summed E-state index contributed by atoms with van der Waals surface area (Å²) in [7, 11) is 1.65. The van der Waals surface area contributed by atoms with Crippen LogP contribution in [-0.4, -0.2) is 61.8 Å². The van der Waals surface area contributed by atoms with Gasteiger partial charge in [0.1, 0.15) is 11.4 Å². The number of aryl methyl sites for hydroxylation is 1. The molecule has 236 valence electrons. The van der Waals surface area contributed by atoms with Gasteiger partial charge in [0, 0.05) is 67.2 Å². The molecule has 0 atom stereocenters. The van der Waals surface area contributed by atoms with E-state index in [1.54, 1.807) is 24.3 Å². The van der Waals surface area contributed by atoms with Gasteiger partial charge in [0.25, 0.3) is 11.8 Å². The number of likely N-dealkylation sites (N-methyl/N-ethyl adjacent to an activating group) is 1. The molecule has 2 aromatic heterocycles. The van der Waals surface area contributed by atoms with Crippen LogP contribution in [0.25, 0.3) is 0 Å². The van der Waals surface area contributed by atoms with Crippen LogP contribution in [0.5, 0.6) is 5.75 Å². The summed E-state index contributed by atoms with van der Waals surface area (Å²) in [5.41, 5.74) is 4.04. The zero-order valence-corrected chi connectivity index (χ0v) is 25.3. The molecule has 0 saturated carbocycles. The fourth-order valence-electron chi connectivity index (χ4n) is 3.99. The second kappa shape index (κ2) is 14.1. The normalized spacial score (nSPS) is 13.6. The van der Waals surface area contributed by atoms with E-state index in [9.17, 15) is 31.5 Å². The van der Waals surface area contributed by atoms with Crippen molar-refractivity contribution in [3.63, 3.8) is 0 Å². The topological polar surface area (TPSA) is 130 Å². The van der Waals surface area contributed by atoms with Crippen LogP contribution in [0.3, 0.4) is 0 Å². The lowest BCUT2D eigenvalue weighted by Crippen LogP contribution is -2.40. The molecule has 3 aromatic rings. The Kier molecular flexibility index (Phi) is 10.6. The van der Waals surface area contributed by atoms with Crippen LogP contribution in [0.2, 0.25) is 0 Å². The molecule has 4 rings (SSSR count). The Morgan fingerprint density at radius 3 is 2.48 bits per heavy atom. The van der Waals surface area contributed by atoms with Crippen LogP contribution in [0.15, 0.2) is 60.7 Å². The number of halogens is 6. The van der Waals surface area contributed by atoms with Crippen molar-refractivity contribution >= 4 is 34.4 Å². The number of pyridine rings is 1. The van der Waals surface area contributed by atoms with E-state index in [2.05, 4.69) is 36.2 Å². The molecular weight excluding hydrogens is 708 g/mol. The maximum absolute atomic E-state index is 13.3. The molecule has 1 aliphatic rings. The van der Waals surface area contributed by atoms with Crippen molar-refractivity contribution in [1.82, 2.24) is 46.2 Å². The largest absolute Gasteiger partial charge is 0.573 e. The summed E-state index contributed by atoms with van der Waals surface area (Å²) < 4.78 is 66.4. The maximum atomic E-state index is 13.3. The Morgan fingerprint density at radius 1 is 1.02 bits per heavy atom. The molecule has 1 aromatic carbocycles. The monoisotopic (exact) mass is 735 g/mol. The Bertz CT molecular complexity index is 1480. The van der Waals surface area contributed by atoms with Crippen LogP contribution in [0.1, 0.15) is 40.2 Å². The number of hydrazine groups is 2. The van der Waals surface area contributed by atoms with Gasteiger partial charge in [-0.15, -0.1) is 23.8 Å². The second-order valence-corrected chi connectivity index (χ2v) is 10.9. The Labute approximate surface area is 261 Å². The van der Waals surface area contributed by atoms with Gasteiger partial charge < -0.3 is 15.4 Å². The lowest BCUT2D eigenvalue weighted by Gasteiger charge is -2.20. The Morgan fingerprint density at radius 2 is 1.77 bits per heavy atom. The lowest BCUT2D eigenvalue weighted by molar-refractivity contribution is -0.274. The fraction of sp³-hybridized carbons (Fsp3) is 0.346. The minimum Gasteiger partial charge on any atom is -0.406 e. The molecule has 0 saturated heterocycles. The van der Waals surface area contributed by atoms with Crippen molar-refractivity contribution in [2.45, 2.75) is 42.8 Å². The van der Waals surface area contributed by atoms with E-state index in [1.165, 1.54) is 46.2 Å². The molecule has 44 heavy (non-hydrogen) atoms. The third-order valence-electron chi connectivity index (χ3n) is 6.13. The fourth-order valence-corrected chi connectivity index (χ4v) is 4.31. The molecule has 0 aliphatic carbocycles. The molecule has 2 amide bonds. The quantitative estimate of drug-likeness (QED) is 0.105. The molecule has 0 fully saturated rings. The van der Waals surface area contributed by atoms with Crippen LogP contribution < -0.4 is 20.9 Å². The van der Waals surface area contributed by atoms with Crippen molar-refractivity contribution < 1.29 is 36.3 Å². The number of amides is 2. The summed E-state index contributed by atoms with van der Waals surface area (Å²) in [6.07, 6.45) is 0.741. The molecule has 0 bridgehead atoms. The van der Waals surface area contributed by atoms with Crippen LogP contribution >= 0.6 is 22.6 Å². The van der Waals surface area contributed by atoms with E-state index >= 15 is 0 Å². The number of ether oxygens (including phenoxy) is 1. The number of nitrogens with one attached hydrogen (secondary N) is 3. The lowest BCUT2D eigenvalue weighted by atomic mass is 10.2. The summed E-state index contributed by atoms with van der Waals surface area (Å²) in [6, 6.07) is 8.02. The van der Waals surface area contributed by atoms with E-state index in [0.717, 1.165) is 28.8 Å². The molecule has 0 unspecified atom stereocenters. The molecular formula is C26H27F5IN9O3. The maximum Gasteiger partial charge on any atom is 0.573 e. The molecule has 0 spiro atoms. The highest BCUT2D eigenvalue weighted by Crippen LogP contribution is 2.34. The number of unbranched alkanes of at least 4 members (excludes halogenated alkanes) is 1. The van der Waals surface area contributed by atoms with Gasteiger partial charge in [-0.2, -0.15) is 8.78 Å². The van der Waals surface area contributed by atoms with Crippen molar-refractivity contribution in [3.8, 4) is 5.75 Å². The number of aromatic nitrogens is 4. The minimum absolute atomic E-state index is 0.00117. The minimum atomic E-state index is -4.81. The first-order chi connectivity index (χ1) is 20.8. The van der Waals surface area contributed by atoms with E-state index in [0.29, 0.717) is 42.9 Å². The van der Waals surface area contributed by atoms with Gasteiger partial charge in [-0.05, 0) is 42.7 Å². The first kappa shape index (κ1) is 32.8. The van der Waals surface area contributed by atoms with Gasteiger partial charge in [-0.3, -0.25) is 29.3 Å². The smallest absolute Gasteiger partial charge is 0.406 e. The zero-order chi connectivity index (χ0) is 31.9. The molecule has 18 heteroatoms. The summed E-state index contributed by atoms with van der Waals surface area (Å²) in [6.45, 7) is 1.05. The second-order valence-electron chi connectivity index (χ2n) is 9.54. The molecule has 1 aliphatic heterocycles. The van der Waals surface area contributed by atoms with Crippen molar-refractivity contribution in [2.24, 2.45) is 0 Å². The first-order valence-corrected chi connectivity index (χ1v) is 14.2. The van der Waals surface area contributed by atoms with Crippen LogP contribution in [0.4, 0.5) is 22.0 Å². The number of hydrogen-bond acceptors (Lipinski definition) is 9. The van der Waals surface area contributed by atoms with Gasteiger partial charge in [0.2, 0.25) is 0 Å². The first-order valence-electron chi connectivity index (χ1n) is 13.1. The predicted octanol–water partition coefficient (Wildman–Crippen LogP) is 3.59. The Hall–Kier alpha value is -4.07. The average molecular weight is 735 g/mol. The molecule has 0 radical (unpaired) electrons. The highest BCUT2D eigenvalue weighted by molar-refractivity contribution is 14.1. The van der Waals surface area contributed by atoms with E-state index < -0.39 is 22.1 Å². The number of rotatable bonds is 13. The van der Waals surface area contributed by atoms with E-state index in [4.69, 9.17) is 0 Å². The number of carbonyl (C=O) groups excluding carboxylic acids is 2. The number of hydrogen-bond donors (Lipinski definition) is 3. The zero-order valence-electron chi connectivity index (χ0n) is 23.1. The third kappa shape index (κ3) is 9.73. The summed E-state index contributed by atoms with van der Waals surface area (Å²) in [4.78, 5) is 29.0. The summed E-state index contributed by atoms with van der Waals surface area (Å²) in [5.74, 6) is -1.28. The van der Waals surface area contributed by atoms with E-state index in [1.807, 2.05) is 0 Å². The highest BCUT2D eigenvalue weighted by atomic mass is 127. The SMILES string of the molecule is CN1NN(CCCCn2cc(C(=O)NCc3ccc(C(F)(F)I)cn3)nn2)C=C1C(=O)NCc1cccc(OC(F)(F)F)c1. The van der Waals surface area contributed by atoms with Crippen molar-refractivity contribution in [2.75, 3.05) is 13.6 Å². The molecule has 3 N–H and O–H groups in total. The summed E-state index contributed by atoms with van der Waals surface area (Å²) >= 11 is 1.02. The van der Waals surface area contributed by atoms with Crippen molar-refractivity contribution in [1.29, 1.82) is 0 Å². The van der Waals surface area contributed by atoms with Crippen molar-refractivity contribution in [3.05, 3.63) is 83.2 Å². The van der Waals surface area contributed by atoms with Gasteiger partial charge in [-0.1, -0.05) is 17.3 Å². The third-order valence-corrected chi connectivity index (χ3v) is 6.75. The van der Waals surface area contributed by atoms with Gasteiger partial charge in [0.15, 0.2) is 5.69 Å². The van der Waals surface area contributed by atoms with E-state index in [-0.39, 0.29) is 30.1 Å². The van der Waals surface area contributed by atoms with Crippen LogP contribution in [0, 0.1) is 0 Å². The van der Waals surface area contributed by atoms with Crippen LogP contribution in [-0.2, 0) is 28.4 Å². The predicted molar refractivity (Wildman–Crippen MR) is 153 cm³/mol. The molecule has 3 heterocycles. The summed E-state index contributed by atoms with van der Waals surface area (Å²) in [5, 5.41) is 16.4. The number of alkyl halides is 6. The number of carbonyl (C=O) groups is 2. The highest BCUT2D eigenvalue weighted by Gasteiger charge is 2.31.